The van der Waals surface area contributed by atoms with Gasteiger partial charge in [-0.05, 0) is 29.8 Å². The Bertz CT molecular complexity index is 892. The minimum atomic E-state index is -0.432. The molecule has 1 unspecified atom stereocenters. The van der Waals surface area contributed by atoms with E-state index in [4.69, 9.17) is 9.47 Å². The second-order valence-corrected chi connectivity index (χ2v) is 7.94. The number of hydrogen-bond donors (Lipinski definition) is 1. The Morgan fingerprint density at radius 1 is 0.875 bits per heavy atom. The van der Waals surface area contributed by atoms with Crippen LogP contribution in [-0.2, 0) is 9.53 Å². The molecule has 170 valence electrons. The first kappa shape index (κ1) is 22.1. The summed E-state index contributed by atoms with van der Waals surface area (Å²) in [6, 6.07) is 16.7. The average Bonchev–Trinajstić information content (AvgIpc) is 2.86. The fourth-order valence-corrected chi connectivity index (χ4v) is 4.17. The number of urea groups is 1. The number of methoxy groups -OCH3 is 1. The molecule has 2 saturated heterocycles. The standard InChI is InChI=1S/C24H30N4O4/c1-31-21-9-7-20(8-10-21)25-23(29)22(19-5-3-2-4-6-19)26-11-13-27(14-12-26)24(30)28-15-17-32-18-16-28/h2-10,22H,11-18H2,1H3,(H,25,29). The normalized spacial score (nSPS) is 18.2. The van der Waals surface area contributed by atoms with Gasteiger partial charge in [0, 0.05) is 45.0 Å². The van der Waals surface area contributed by atoms with Gasteiger partial charge < -0.3 is 24.6 Å². The van der Waals surface area contributed by atoms with E-state index in [0.29, 0.717) is 52.5 Å². The first-order chi connectivity index (χ1) is 15.7. The minimum absolute atomic E-state index is 0.0619. The molecule has 0 aliphatic carbocycles. The van der Waals surface area contributed by atoms with Crippen molar-refractivity contribution in [2.24, 2.45) is 0 Å². The topological polar surface area (TPSA) is 74.4 Å². The van der Waals surface area contributed by atoms with E-state index >= 15 is 0 Å². The molecule has 0 saturated carbocycles. The van der Waals surface area contributed by atoms with Gasteiger partial charge in [-0.15, -0.1) is 0 Å². The summed E-state index contributed by atoms with van der Waals surface area (Å²) in [4.78, 5) is 32.0. The van der Waals surface area contributed by atoms with Crippen molar-refractivity contribution in [1.29, 1.82) is 0 Å². The van der Waals surface area contributed by atoms with Crippen LogP contribution < -0.4 is 10.1 Å². The summed E-state index contributed by atoms with van der Waals surface area (Å²) in [6.45, 7) is 4.90. The summed E-state index contributed by atoms with van der Waals surface area (Å²) in [7, 11) is 1.61. The number of benzene rings is 2. The number of amides is 3. The molecule has 8 heteroatoms. The van der Waals surface area contributed by atoms with Gasteiger partial charge in [-0.1, -0.05) is 30.3 Å². The largest absolute Gasteiger partial charge is 0.497 e. The zero-order valence-corrected chi connectivity index (χ0v) is 18.4. The van der Waals surface area contributed by atoms with Gasteiger partial charge in [-0.25, -0.2) is 4.79 Å². The first-order valence-corrected chi connectivity index (χ1v) is 11.0. The molecule has 1 atom stereocenters. The number of rotatable bonds is 5. The summed E-state index contributed by atoms with van der Waals surface area (Å²) >= 11 is 0. The lowest BCUT2D eigenvalue weighted by Gasteiger charge is -2.41. The molecule has 2 fully saturated rings. The number of ether oxygens (including phenoxy) is 2. The van der Waals surface area contributed by atoms with Gasteiger partial charge in [-0.2, -0.15) is 0 Å². The summed E-state index contributed by atoms with van der Waals surface area (Å²) < 4.78 is 10.5. The number of nitrogens with zero attached hydrogens (tertiary/aromatic N) is 3. The molecule has 3 amide bonds. The Morgan fingerprint density at radius 3 is 2.12 bits per heavy atom. The van der Waals surface area contributed by atoms with Gasteiger partial charge in [-0.3, -0.25) is 9.69 Å². The van der Waals surface area contributed by atoms with E-state index in [1.807, 2.05) is 64.4 Å². The Kier molecular flexibility index (Phi) is 7.24. The van der Waals surface area contributed by atoms with Crippen LogP contribution in [0.1, 0.15) is 11.6 Å². The van der Waals surface area contributed by atoms with Gasteiger partial charge >= 0.3 is 6.03 Å². The van der Waals surface area contributed by atoms with Crippen LogP contribution in [0.3, 0.4) is 0 Å². The van der Waals surface area contributed by atoms with E-state index < -0.39 is 6.04 Å². The van der Waals surface area contributed by atoms with Crippen molar-refractivity contribution >= 4 is 17.6 Å². The third-order valence-electron chi connectivity index (χ3n) is 5.95. The SMILES string of the molecule is COc1ccc(NC(=O)C(c2ccccc2)N2CCN(C(=O)N3CCOCC3)CC2)cc1. The molecule has 32 heavy (non-hydrogen) atoms. The fraction of sp³-hybridized carbons (Fsp3) is 0.417. The van der Waals surface area contributed by atoms with E-state index in [-0.39, 0.29) is 11.9 Å². The number of carbonyl (C=O) groups is 2. The second kappa shape index (κ2) is 10.5. The third kappa shape index (κ3) is 5.20. The van der Waals surface area contributed by atoms with Crippen LogP contribution in [0.5, 0.6) is 5.75 Å². The Labute approximate surface area is 188 Å². The number of morpholine rings is 1. The number of hydrogen-bond acceptors (Lipinski definition) is 5. The van der Waals surface area contributed by atoms with Crippen molar-refractivity contribution in [3.8, 4) is 5.75 Å². The quantitative estimate of drug-likeness (QED) is 0.776. The molecule has 8 nitrogen and oxygen atoms in total. The maximum Gasteiger partial charge on any atom is 0.320 e. The molecular weight excluding hydrogens is 408 g/mol. The Morgan fingerprint density at radius 2 is 1.50 bits per heavy atom. The molecule has 0 aromatic heterocycles. The molecule has 0 bridgehead atoms. The highest BCUT2D eigenvalue weighted by Gasteiger charge is 2.33. The van der Waals surface area contributed by atoms with E-state index in [1.165, 1.54) is 0 Å². The third-order valence-corrected chi connectivity index (χ3v) is 5.95. The predicted molar refractivity (Wildman–Crippen MR) is 122 cm³/mol. The van der Waals surface area contributed by atoms with Crippen molar-refractivity contribution < 1.29 is 19.1 Å². The van der Waals surface area contributed by atoms with Gasteiger partial charge in [0.25, 0.3) is 0 Å². The van der Waals surface area contributed by atoms with Crippen molar-refractivity contribution in [2.45, 2.75) is 6.04 Å². The van der Waals surface area contributed by atoms with Crippen LogP contribution in [0.2, 0.25) is 0 Å². The van der Waals surface area contributed by atoms with Crippen molar-refractivity contribution in [3.63, 3.8) is 0 Å². The molecule has 2 heterocycles. The van der Waals surface area contributed by atoms with E-state index in [0.717, 1.165) is 17.0 Å². The second-order valence-electron chi connectivity index (χ2n) is 7.94. The van der Waals surface area contributed by atoms with Crippen molar-refractivity contribution in [3.05, 3.63) is 60.2 Å². The van der Waals surface area contributed by atoms with Crippen LogP contribution in [-0.4, -0.2) is 86.2 Å². The lowest BCUT2D eigenvalue weighted by atomic mass is 10.0. The summed E-state index contributed by atoms with van der Waals surface area (Å²) in [6.07, 6.45) is 0. The predicted octanol–water partition coefficient (Wildman–Crippen LogP) is 2.44. The highest BCUT2D eigenvalue weighted by Crippen LogP contribution is 2.25. The molecule has 2 aromatic rings. The zero-order chi connectivity index (χ0) is 22.3. The van der Waals surface area contributed by atoms with Gasteiger partial charge in [0.15, 0.2) is 0 Å². The molecule has 2 aliphatic rings. The van der Waals surface area contributed by atoms with Crippen LogP contribution in [0.25, 0.3) is 0 Å². The molecule has 1 N–H and O–H groups in total. The van der Waals surface area contributed by atoms with Crippen LogP contribution in [0, 0.1) is 0 Å². The van der Waals surface area contributed by atoms with Crippen molar-refractivity contribution in [2.75, 3.05) is 64.9 Å². The van der Waals surface area contributed by atoms with E-state index in [2.05, 4.69) is 10.2 Å². The number of anilines is 1. The van der Waals surface area contributed by atoms with Gasteiger partial charge in [0.05, 0.1) is 20.3 Å². The van der Waals surface area contributed by atoms with Crippen molar-refractivity contribution in [1.82, 2.24) is 14.7 Å². The van der Waals surface area contributed by atoms with E-state index in [9.17, 15) is 9.59 Å². The van der Waals surface area contributed by atoms with E-state index in [1.54, 1.807) is 7.11 Å². The number of carbonyl (C=O) groups excluding carboxylic acids is 2. The molecular formula is C24H30N4O4. The Hall–Kier alpha value is -3.10. The maximum absolute atomic E-state index is 13.3. The van der Waals surface area contributed by atoms with Crippen LogP contribution in [0.15, 0.2) is 54.6 Å². The highest BCUT2D eigenvalue weighted by atomic mass is 16.5. The molecule has 0 radical (unpaired) electrons. The minimum Gasteiger partial charge on any atom is -0.497 e. The van der Waals surface area contributed by atoms with Gasteiger partial charge in [0.2, 0.25) is 5.91 Å². The summed E-state index contributed by atoms with van der Waals surface area (Å²) in [5.41, 5.74) is 1.66. The van der Waals surface area contributed by atoms with Gasteiger partial charge in [0.1, 0.15) is 11.8 Å². The first-order valence-electron chi connectivity index (χ1n) is 11.0. The summed E-state index contributed by atoms with van der Waals surface area (Å²) in [5, 5.41) is 3.04. The molecule has 2 aliphatic heterocycles. The zero-order valence-electron chi connectivity index (χ0n) is 18.4. The summed E-state index contributed by atoms with van der Waals surface area (Å²) in [5.74, 6) is 0.651. The monoisotopic (exact) mass is 438 g/mol. The number of nitrogens with one attached hydrogen (secondary N) is 1. The number of piperazine rings is 1. The molecule has 2 aromatic carbocycles. The lowest BCUT2D eigenvalue weighted by Crippen LogP contribution is -2.56. The van der Waals surface area contributed by atoms with Crippen LogP contribution in [0.4, 0.5) is 10.5 Å². The molecule has 0 spiro atoms. The van der Waals surface area contributed by atoms with Crippen LogP contribution >= 0.6 is 0 Å². The Balaban J connectivity index is 1.44. The lowest BCUT2D eigenvalue weighted by molar-refractivity contribution is -0.122. The maximum atomic E-state index is 13.3. The highest BCUT2D eigenvalue weighted by molar-refractivity contribution is 5.95. The fourth-order valence-electron chi connectivity index (χ4n) is 4.17. The average molecular weight is 439 g/mol. The molecule has 4 rings (SSSR count). The smallest absolute Gasteiger partial charge is 0.320 e.